The molecule has 0 fully saturated rings. The van der Waals surface area contributed by atoms with E-state index in [1.165, 1.54) is 5.56 Å². The van der Waals surface area contributed by atoms with Crippen molar-refractivity contribution in [3.05, 3.63) is 95.3 Å². The molecule has 0 bridgehead atoms. The van der Waals surface area contributed by atoms with Crippen LogP contribution in [0.5, 0.6) is 5.75 Å². The third-order valence-corrected chi connectivity index (χ3v) is 4.91. The van der Waals surface area contributed by atoms with Gasteiger partial charge in [0.15, 0.2) is 0 Å². The number of imidazole rings is 1. The maximum atomic E-state index is 10.6. The lowest BCUT2D eigenvalue weighted by Gasteiger charge is -2.16. The Kier molecular flexibility index (Phi) is 5.60. The normalized spacial score (nSPS) is 12.2. The molecule has 0 aliphatic rings. The molecule has 3 aromatic carbocycles. The number of fused-ring (bicyclic) bond motifs is 1. The SMILES string of the molecule is OC(COc1ccccc1Cl)Cn1c(Cc2ccccc2)nc2ccccc21. The average molecular weight is 393 g/mol. The molecular formula is C23H21ClN2O2. The molecule has 142 valence electrons. The molecule has 1 aromatic heterocycles. The Hall–Kier alpha value is -2.82. The predicted octanol–water partition coefficient (Wildman–Crippen LogP) is 4.72. The molecule has 0 saturated carbocycles. The van der Waals surface area contributed by atoms with Crippen LogP contribution >= 0.6 is 11.6 Å². The maximum absolute atomic E-state index is 10.6. The molecule has 28 heavy (non-hydrogen) atoms. The summed E-state index contributed by atoms with van der Waals surface area (Å²) in [4.78, 5) is 4.78. The van der Waals surface area contributed by atoms with Crippen LogP contribution in [0.3, 0.4) is 0 Å². The monoisotopic (exact) mass is 392 g/mol. The van der Waals surface area contributed by atoms with Crippen molar-refractivity contribution in [2.24, 2.45) is 0 Å². The highest BCUT2D eigenvalue weighted by molar-refractivity contribution is 6.32. The predicted molar refractivity (Wildman–Crippen MR) is 112 cm³/mol. The molecule has 1 atom stereocenters. The van der Waals surface area contributed by atoms with E-state index in [1.54, 1.807) is 12.1 Å². The van der Waals surface area contributed by atoms with Gasteiger partial charge in [-0.2, -0.15) is 0 Å². The second-order valence-corrected chi connectivity index (χ2v) is 7.09. The fraction of sp³-hybridized carbons (Fsp3) is 0.174. The van der Waals surface area contributed by atoms with Gasteiger partial charge >= 0.3 is 0 Å². The molecule has 0 aliphatic heterocycles. The van der Waals surface area contributed by atoms with E-state index in [0.717, 1.165) is 16.9 Å². The maximum Gasteiger partial charge on any atom is 0.138 e. The van der Waals surface area contributed by atoms with Crippen molar-refractivity contribution in [2.45, 2.75) is 19.1 Å². The van der Waals surface area contributed by atoms with Crippen molar-refractivity contribution >= 4 is 22.6 Å². The van der Waals surface area contributed by atoms with Crippen LogP contribution in [-0.4, -0.2) is 27.4 Å². The summed E-state index contributed by atoms with van der Waals surface area (Å²) in [6, 6.07) is 25.5. The Labute approximate surface area is 169 Å². The molecule has 0 amide bonds. The van der Waals surface area contributed by atoms with Gasteiger partial charge in [0.25, 0.3) is 0 Å². The van der Waals surface area contributed by atoms with Crippen LogP contribution in [0.4, 0.5) is 0 Å². The van der Waals surface area contributed by atoms with Crippen LogP contribution in [0.25, 0.3) is 11.0 Å². The van der Waals surface area contributed by atoms with Gasteiger partial charge in [-0.05, 0) is 29.8 Å². The first-order valence-corrected chi connectivity index (χ1v) is 9.62. The summed E-state index contributed by atoms with van der Waals surface area (Å²) in [5, 5.41) is 11.1. The highest BCUT2D eigenvalue weighted by Crippen LogP contribution is 2.24. The Morgan fingerprint density at radius 3 is 2.46 bits per heavy atom. The second kappa shape index (κ2) is 8.46. The molecule has 4 nitrogen and oxygen atoms in total. The van der Waals surface area contributed by atoms with Crippen molar-refractivity contribution in [1.29, 1.82) is 0 Å². The minimum atomic E-state index is -0.691. The number of benzene rings is 3. The van der Waals surface area contributed by atoms with Gasteiger partial charge in [-0.15, -0.1) is 0 Å². The summed E-state index contributed by atoms with van der Waals surface area (Å²) in [6.07, 6.45) is 0.0107. The average Bonchev–Trinajstić information content (AvgIpc) is 3.05. The number of aliphatic hydroxyl groups is 1. The van der Waals surface area contributed by atoms with Crippen molar-refractivity contribution in [2.75, 3.05) is 6.61 Å². The Morgan fingerprint density at radius 1 is 0.929 bits per heavy atom. The lowest BCUT2D eigenvalue weighted by molar-refractivity contribution is 0.0928. The number of hydrogen-bond acceptors (Lipinski definition) is 3. The molecule has 1 unspecified atom stereocenters. The highest BCUT2D eigenvalue weighted by Gasteiger charge is 2.15. The van der Waals surface area contributed by atoms with Crippen LogP contribution in [0.2, 0.25) is 5.02 Å². The summed E-state index contributed by atoms with van der Waals surface area (Å²) in [7, 11) is 0. The first kappa shape index (κ1) is 18.5. The molecule has 0 radical (unpaired) electrons. The zero-order valence-electron chi connectivity index (χ0n) is 15.3. The number of para-hydroxylation sites is 3. The Morgan fingerprint density at radius 2 is 1.64 bits per heavy atom. The molecule has 0 aliphatic carbocycles. The summed E-state index contributed by atoms with van der Waals surface area (Å²) in [5.41, 5.74) is 3.11. The number of aliphatic hydroxyl groups excluding tert-OH is 1. The van der Waals surface area contributed by atoms with E-state index in [4.69, 9.17) is 21.3 Å². The van der Waals surface area contributed by atoms with E-state index in [2.05, 4.69) is 16.7 Å². The quantitative estimate of drug-likeness (QED) is 0.495. The molecule has 1 N–H and O–H groups in total. The fourth-order valence-electron chi connectivity index (χ4n) is 3.25. The molecule has 0 saturated heterocycles. The largest absolute Gasteiger partial charge is 0.489 e. The first-order chi connectivity index (χ1) is 13.7. The van der Waals surface area contributed by atoms with Gasteiger partial charge < -0.3 is 14.4 Å². The van der Waals surface area contributed by atoms with Crippen molar-refractivity contribution in [3.8, 4) is 5.75 Å². The van der Waals surface area contributed by atoms with Crippen LogP contribution in [0, 0.1) is 0 Å². The van der Waals surface area contributed by atoms with Crippen molar-refractivity contribution in [1.82, 2.24) is 9.55 Å². The van der Waals surface area contributed by atoms with E-state index < -0.39 is 6.10 Å². The standard InChI is InChI=1S/C23H21ClN2O2/c24-19-10-4-7-13-22(19)28-16-18(27)15-26-21-12-6-5-11-20(21)25-23(26)14-17-8-2-1-3-9-17/h1-13,18,27H,14-16H2. The number of halogens is 1. The number of hydrogen-bond donors (Lipinski definition) is 1. The van der Waals surface area contributed by atoms with Crippen molar-refractivity contribution in [3.63, 3.8) is 0 Å². The van der Waals surface area contributed by atoms with E-state index in [9.17, 15) is 5.11 Å². The minimum Gasteiger partial charge on any atom is -0.489 e. The van der Waals surface area contributed by atoms with Crippen LogP contribution in [-0.2, 0) is 13.0 Å². The number of aromatic nitrogens is 2. The van der Waals surface area contributed by atoms with Crippen LogP contribution < -0.4 is 4.74 Å². The highest BCUT2D eigenvalue weighted by atomic mass is 35.5. The van der Waals surface area contributed by atoms with E-state index in [-0.39, 0.29) is 6.61 Å². The molecule has 1 heterocycles. The summed E-state index contributed by atoms with van der Waals surface area (Å²) < 4.78 is 7.77. The number of rotatable bonds is 7. The number of nitrogens with zero attached hydrogens (tertiary/aromatic N) is 2. The summed E-state index contributed by atoms with van der Waals surface area (Å²) in [5.74, 6) is 1.49. The van der Waals surface area contributed by atoms with Gasteiger partial charge in [-0.1, -0.05) is 66.2 Å². The molecule has 4 aromatic rings. The molecule has 5 heteroatoms. The first-order valence-electron chi connectivity index (χ1n) is 9.24. The zero-order valence-corrected chi connectivity index (χ0v) is 16.1. The van der Waals surface area contributed by atoms with Crippen molar-refractivity contribution < 1.29 is 9.84 Å². The smallest absolute Gasteiger partial charge is 0.138 e. The van der Waals surface area contributed by atoms with Gasteiger partial charge in [0.05, 0.1) is 22.6 Å². The Balaban J connectivity index is 1.55. The molecule has 4 rings (SSSR count). The van der Waals surface area contributed by atoms with Gasteiger partial charge in [0.1, 0.15) is 24.3 Å². The third kappa shape index (κ3) is 4.19. The zero-order chi connectivity index (χ0) is 19.3. The second-order valence-electron chi connectivity index (χ2n) is 6.68. The van der Waals surface area contributed by atoms with Gasteiger partial charge in [-0.25, -0.2) is 4.98 Å². The Bertz CT molecular complexity index is 1060. The minimum absolute atomic E-state index is 0.154. The van der Waals surface area contributed by atoms with E-state index in [0.29, 0.717) is 23.7 Å². The molecule has 0 spiro atoms. The van der Waals surface area contributed by atoms with Gasteiger partial charge in [-0.3, -0.25) is 0 Å². The van der Waals surface area contributed by atoms with E-state index in [1.807, 2.05) is 54.6 Å². The number of ether oxygens (including phenoxy) is 1. The fourth-order valence-corrected chi connectivity index (χ4v) is 3.44. The molecular weight excluding hydrogens is 372 g/mol. The van der Waals surface area contributed by atoms with E-state index >= 15 is 0 Å². The third-order valence-electron chi connectivity index (χ3n) is 4.60. The van der Waals surface area contributed by atoms with Crippen LogP contribution in [0.15, 0.2) is 78.9 Å². The van der Waals surface area contributed by atoms with Gasteiger partial charge in [0.2, 0.25) is 0 Å². The lowest BCUT2D eigenvalue weighted by atomic mass is 10.1. The summed E-state index contributed by atoms with van der Waals surface area (Å²) in [6.45, 7) is 0.550. The summed E-state index contributed by atoms with van der Waals surface area (Å²) >= 11 is 6.12. The van der Waals surface area contributed by atoms with Crippen LogP contribution in [0.1, 0.15) is 11.4 Å². The topological polar surface area (TPSA) is 47.3 Å². The lowest BCUT2D eigenvalue weighted by Crippen LogP contribution is -2.24. The van der Waals surface area contributed by atoms with Gasteiger partial charge in [0, 0.05) is 6.42 Å².